The summed E-state index contributed by atoms with van der Waals surface area (Å²) in [5.74, 6) is 0.270. The molecule has 0 radical (unpaired) electrons. The third-order valence-corrected chi connectivity index (χ3v) is 15.8. The molecule has 1 unspecified atom stereocenters. The monoisotopic (exact) mass is 1060 g/mol. The molecule has 3 aliphatic rings. The predicted molar refractivity (Wildman–Crippen MR) is 302 cm³/mol. The van der Waals surface area contributed by atoms with E-state index in [9.17, 15) is 24.0 Å². The number of aromatic nitrogens is 4. The van der Waals surface area contributed by atoms with E-state index < -0.39 is 17.5 Å². The number of hydrogen-bond donors (Lipinski definition) is 2. The molecule has 3 aliphatic heterocycles. The van der Waals surface area contributed by atoms with Gasteiger partial charge in [-0.15, -0.1) is 0 Å². The molecule has 2 saturated heterocycles. The van der Waals surface area contributed by atoms with Crippen LogP contribution in [0.4, 0.5) is 16.6 Å². The number of piperazine rings is 1. The average molecular weight is 1060 g/mol. The maximum absolute atomic E-state index is 14.1. The molecule has 16 nitrogen and oxygen atoms in total. The zero-order valence-electron chi connectivity index (χ0n) is 44.4. The van der Waals surface area contributed by atoms with Crippen molar-refractivity contribution < 1.29 is 33.4 Å². The minimum absolute atomic E-state index is 0.148. The van der Waals surface area contributed by atoms with Crippen LogP contribution in [0.5, 0.6) is 11.5 Å². The number of thiazole rings is 1. The summed E-state index contributed by atoms with van der Waals surface area (Å²) in [6.45, 7) is 11.2. The van der Waals surface area contributed by atoms with Crippen LogP contribution in [0.25, 0.3) is 32.2 Å². The number of imide groups is 1. The Bertz CT molecular complexity index is 3620. The van der Waals surface area contributed by atoms with Crippen molar-refractivity contribution in [2.75, 3.05) is 47.8 Å². The van der Waals surface area contributed by atoms with Gasteiger partial charge in [0.15, 0.2) is 10.8 Å². The number of para-hydroxylation sites is 1. The van der Waals surface area contributed by atoms with Gasteiger partial charge in [0.2, 0.25) is 17.7 Å². The summed E-state index contributed by atoms with van der Waals surface area (Å²) in [4.78, 5) is 81.6. The minimum atomic E-state index is -0.769. The topological polar surface area (TPSA) is 181 Å². The quantitative estimate of drug-likeness (QED) is 0.0825. The van der Waals surface area contributed by atoms with E-state index in [1.54, 1.807) is 4.68 Å². The van der Waals surface area contributed by atoms with Crippen molar-refractivity contribution in [1.29, 1.82) is 0 Å². The zero-order chi connectivity index (χ0) is 54.2. The summed E-state index contributed by atoms with van der Waals surface area (Å²) in [5.41, 5.74) is 8.79. The van der Waals surface area contributed by atoms with Gasteiger partial charge in [0, 0.05) is 81.4 Å². The van der Waals surface area contributed by atoms with E-state index in [1.807, 2.05) is 137 Å². The van der Waals surface area contributed by atoms with E-state index in [-0.39, 0.29) is 29.3 Å². The smallest absolute Gasteiger partial charge is 0.358 e. The van der Waals surface area contributed by atoms with Crippen molar-refractivity contribution in [1.82, 2.24) is 30.0 Å². The number of piperidine rings is 1. The number of amides is 4. The molecule has 17 heteroatoms. The number of aryl methyl sites for hydroxylation is 2. The van der Waals surface area contributed by atoms with E-state index in [0.717, 1.165) is 67.5 Å². The zero-order valence-corrected chi connectivity index (χ0v) is 45.2. The number of ether oxygens (including phenoxy) is 2. The van der Waals surface area contributed by atoms with Gasteiger partial charge < -0.3 is 24.2 Å². The standard InChI is InChI=1S/C61H61N9O7S/c1-37-42(43-25-27-52(63-56(43)59(75)77-61(2,3)4)70-30-29-39-12-9-14-44(47(39)36-70)57(73)65-60-62-48-15-6-7-17-51(48)78-60)13-10-16-50(37)76-41-22-19-38(20-23-41)11-8-18-54(72)69-33-31-68(32-34-69)40-21-24-45-49(35-40)67(5)66-55(45)46-26-28-53(71)64-58(46)74/h6-7,9-10,12-17,19-25,27,35,46H,8,11,18,26,28-34,36H2,1-5H3,(H,62,65,73)(H,64,71,74). The van der Waals surface area contributed by atoms with Crippen LogP contribution in [0.1, 0.15) is 101 Å². The molecular weight excluding hydrogens is 1000 g/mol. The first kappa shape index (κ1) is 51.7. The van der Waals surface area contributed by atoms with E-state index >= 15 is 0 Å². The normalized spacial score (nSPS) is 15.8. The van der Waals surface area contributed by atoms with Crippen molar-refractivity contribution in [2.45, 2.75) is 84.3 Å². The average Bonchev–Trinajstić information content (AvgIpc) is 4.15. The lowest BCUT2D eigenvalue weighted by atomic mass is 9.93. The number of esters is 1. The highest BCUT2D eigenvalue weighted by Crippen LogP contribution is 2.38. The van der Waals surface area contributed by atoms with E-state index in [2.05, 4.69) is 48.7 Å². The number of pyridine rings is 1. The summed E-state index contributed by atoms with van der Waals surface area (Å²) in [6.07, 6.45) is 3.35. The van der Waals surface area contributed by atoms with E-state index in [0.29, 0.717) is 104 Å². The molecule has 5 aromatic carbocycles. The number of nitrogens with zero attached hydrogens (tertiary/aromatic N) is 7. The van der Waals surface area contributed by atoms with Crippen LogP contribution in [-0.4, -0.2) is 92.6 Å². The Balaban J connectivity index is 0.713. The molecule has 3 aromatic heterocycles. The SMILES string of the molecule is Cc1c(Oc2ccc(CCCC(=O)N3CCN(c4ccc5c(C6CCC(=O)NC6=O)nn(C)c5c4)CC3)cc2)cccc1-c1ccc(N2CCc3cccc(C(=O)Nc4nc5ccccc5s4)c3C2)nc1C(=O)OC(C)(C)C. The summed E-state index contributed by atoms with van der Waals surface area (Å²) >= 11 is 1.44. The lowest BCUT2D eigenvalue weighted by Crippen LogP contribution is -2.48. The summed E-state index contributed by atoms with van der Waals surface area (Å²) < 4.78 is 15.3. The van der Waals surface area contributed by atoms with Gasteiger partial charge in [-0.1, -0.05) is 59.9 Å². The van der Waals surface area contributed by atoms with Crippen LogP contribution in [-0.2, 0) is 45.6 Å². The molecule has 0 aliphatic carbocycles. The second-order valence-corrected chi connectivity index (χ2v) is 22.3. The maximum Gasteiger partial charge on any atom is 0.358 e. The van der Waals surface area contributed by atoms with Crippen molar-refractivity contribution >= 4 is 78.7 Å². The second-order valence-electron chi connectivity index (χ2n) is 21.2. The number of rotatable bonds is 13. The Labute approximate surface area is 456 Å². The lowest BCUT2D eigenvalue weighted by Gasteiger charge is -2.36. The van der Waals surface area contributed by atoms with Crippen LogP contribution in [0.15, 0.2) is 115 Å². The van der Waals surface area contributed by atoms with Crippen molar-refractivity contribution in [3.63, 3.8) is 0 Å². The Morgan fingerprint density at radius 3 is 2.40 bits per heavy atom. The fourth-order valence-electron chi connectivity index (χ4n) is 10.8. The Morgan fingerprint density at radius 1 is 0.821 bits per heavy atom. The summed E-state index contributed by atoms with van der Waals surface area (Å²) in [6, 6.07) is 37.3. The van der Waals surface area contributed by atoms with Gasteiger partial charge >= 0.3 is 5.97 Å². The number of benzene rings is 5. The van der Waals surface area contributed by atoms with Crippen LogP contribution >= 0.6 is 11.3 Å². The Kier molecular flexibility index (Phi) is 14.3. The minimum Gasteiger partial charge on any atom is -0.457 e. The molecule has 0 spiro atoms. The first-order chi connectivity index (χ1) is 37.6. The third kappa shape index (κ3) is 10.9. The molecule has 11 rings (SSSR count). The number of anilines is 3. The lowest BCUT2D eigenvalue weighted by molar-refractivity contribution is -0.134. The number of nitrogens with one attached hydrogen (secondary N) is 2. The molecule has 2 N–H and O–H groups in total. The largest absolute Gasteiger partial charge is 0.457 e. The predicted octanol–water partition coefficient (Wildman–Crippen LogP) is 10.3. The highest BCUT2D eigenvalue weighted by molar-refractivity contribution is 7.22. The van der Waals surface area contributed by atoms with Gasteiger partial charge in [0.05, 0.1) is 27.3 Å². The van der Waals surface area contributed by atoms with E-state index in [1.165, 1.54) is 11.3 Å². The van der Waals surface area contributed by atoms with Crippen LogP contribution in [0.2, 0.25) is 0 Å². The Hall–Kier alpha value is -8.44. The second kappa shape index (κ2) is 21.5. The number of hydrogen-bond acceptors (Lipinski definition) is 13. The molecule has 2 fully saturated rings. The molecule has 4 amide bonds. The first-order valence-corrected chi connectivity index (χ1v) is 27.4. The molecule has 1 atom stereocenters. The highest BCUT2D eigenvalue weighted by Gasteiger charge is 2.33. The highest BCUT2D eigenvalue weighted by atomic mass is 32.1. The number of carbonyl (C=O) groups excluding carboxylic acids is 5. The van der Waals surface area contributed by atoms with Crippen molar-refractivity contribution in [3.8, 4) is 22.6 Å². The molecule has 8 aromatic rings. The van der Waals surface area contributed by atoms with Crippen LogP contribution < -0.4 is 25.2 Å². The number of carbonyl (C=O) groups is 5. The molecule has 0 bridgehead atoms. The van der Waals surface area contributed by atoms with Crippen molar-refractivity contribution in [2.24, 2.45) is 7.05 Å². The van der Waals surface area contributed by atoms with Gasteiger partial charge in [-0.25, -0.2) is 14.8 Å². The van der Waals surface area contributed by atoms with Gasteiger partial charge in [-0.3, -0.25) is 34.5 Å². The summed E-state index contributed by atoms with van der Waals surface area (Å²) in [5, 5.41) is 11.6. The van der Waals surface area contributed by atoms with Gasteiger partial charge in [0.1, 0.15) is 22.9 Å². The van der Waals surface area contributed by atoms with Gasteiger partial charge in [-0.2, -0.15) is 5.10 Å². The number of fused-ring (bicyclic) bond motifs is 3. The third-order valence-electron chi connectivity index (χ3n) is 14.8. The molecule has 78 heavy (non-hydrogen) atoms. The van der Waals surface area contributed by atoms with Crippen molar-refractivity contribution in [3.05, 3.63) is 154 Å². The van der Waals surface area contributed by atoms with Crippen LogP contribution in [0.3, 0.4) is 0 Å². The van der Waals surface area contributed by atoms with Gasteiger partial charge in [0.25, 0.3) is 5.91 Å². The molecular formula is C61H61N9O7S. The first-order valence-electron chi connectivity index (χ1n) is 26.6. The van der Waals surface area contributed by atoms with E-state index in [4.69, 9.17) is 14.5 Å². The fraction of sp³-hybridized carbons (Fsp3) is 0.311. The molecule has 6 heterocycles. The fourth-order valence-corrected chi connectivity index (χ4v) is 11.6. The molecule has 398 valence electrons. The van der Waals surface area contributed by atoms with Gasteiger partial charge in [-0.05, 0) is 148 Å². The summed E-state index contributed by atoms with van der Waals surface area (Å²) in [7, 11) is 1.87. The Morgan fingerprint density at radius 2 is 1.62 bits per heavy atom. The van der Waals surface area contributed by atoms with Crippen LogP contribution in [0, 0.1) is 6.92 Å². The molecule has 0 saturated carbocycles. The maximum atomic E-state index is 14.1.